The van der Waals surface area contributed by atoms with E-state index >= 15 is 0 Å². The quantitative estimate of drug-likeness (QED) is 0.596. The van der Waals surface area contributed by atoms with E-state index in [2.05, 4.69) is 17.2 Å². The molecule has 0 radical (unpaired) electrons. The van der Waals surface area contributed by atoms with Gasteiger partial charge in [0.05, 0.1) is 6.54 Å². The first-order valence-corrected chi connectivity index (χ1v) is 4.17. The molecular formula is C9H18N2O. The Balaban J connectivity index is 3.38. The molecule has 70 valence electrons. The average molecular weight is 170 g/mol. The molecule has 0 aliphatic carbocycles. The predicted molar refractivity (Wildman–Crippen MR) is 51.0 cm³/mol. The summed E-state index contributed by atoms with van der Waals surface area (Å²) in [5, 5.41) is 5.76. The maximum absolute atomic E-state index is 11.0. The van der Waals surface area contributed by atoms with Gasteiger partial charge < -0.3 is 10.6 Å². The lowest BCUT2D eigenvalue weighted by Gasteiger charge is -2.08. The van der Waals surface area contributed by atoms with Crippen LogP contribution in [0.5, 0.6) is 0 Å². The Bertz CT molecular complexity index is 164. The van der Waals surface area contributed by atoms with Gasteiger partial charge in [-0.15, -0.1) is 0 Å². The Hall–Kier alpha value is -0.830. The SMILES string of the molecule is C=C(C)CNCC(=O)NC(C)C. The zero-order valence-electron chi connectivity index (χ0n) is 8.11. The summed E-state index contributed by atoms with van der Waals surface area (Å²) in [4.78, 5) is 11.0. The zero-order valence-corrected chi connectivity index (χ0v) is 8.11. The normalized spacial score (nSPS) is 10.0. The highest BCUT2D eigenvalue weighted by molar-refractivity contribution is 5.78. The highest BCUT2D eigenvalue weighted by atomic mass is 16.1. The van der Waals surface area contributed by atoms with Gasteiger partial charge in [-0.2, -0.15) is 0 Å². The van der Waals surface area contributed by atoms with Gasteiger partial charge in [0, 0.05) is 12.6 Å². The largest absolute Gasteiger partial charge is 0.353 e. The van der Waals surface area contributed by atoms with Crippen molar-refractivity contribution in [3.8, 4) is 0 Å². The summed E-state index contributed by atoms with van der Waals surface area (Å²) in [5.74, 6) is 0.0336. The first kappa shape index (κ1) is 11.2. The van der Waals surface area contributed by atoms with Crippen LogP contribution < -0.4 is 10.6 Å². The van der Waals surface area contributed by atoms with E-state index in [1.54, 1.807) is 0 Å². The standard InChI is InChI=1S/C9H18N2O/c1-7(2)5-10-6-9(12)11-8(3)4/h8,10H,1,5-6H2,2-4H3,(H,11,12). The lowest BCUT2D eigenvalue weighted by molar-refractivity contribution is -0.120. The Morgan fingerprint density at radius 3 is 2.42 bits per heavy atom. The van der Waals surface area contributed by atoms with Gasteiger partial charge in [0.15, 0.2) is 0 Å². The molecule has 1 amide bonds. The van der Waals surface area contributed by atoms with Crippen LogP contribution in [0.4, 0.5) is 0 Å². The van der Waals surface area contributed by atoms with Crippen LogP contribution in [0.15, 0.2) is 12.2 Å². The van der Waals surface area contributed by atoms with Gasteiger partial charge >= 0.3 is 0 Å². The lowest BCUT2D eigenvalue weighted by atomic mass is 10.3. The molecule has 2 N–H and O–H groups in total. The molecule has 0 aromatic carbocycles. The van der Waals surface area contributed by atoms with Gasteiger partial charge in [0.1, 0.15) is 0 Å². The summed E-state index contributed by atoms with van der Waals surface area (Å²) in [6, 6.07) is 0.212. The number of hydrogen-bond donors (Lipinski definition) is 2. The topological polar surface area (TPSA) is 41.1 Å². The maximum atomic E-state index is 11.0. The van der Waals surface area contributed by atoms with Gasteiger partial charge in [0.25, 0.3) is 0 Å². The van der Waals surface area contributed by atoms with Crippen molar-refractivity contribution in [3.05, 3.63) is 12.2 Å². The van der Waals surface area contributed by atoms with Crippen molar-refractivity contribution in [1.82, 2.24) is 10.6 Å². The molecule has 0 fully saturated rings. The van der Waals surface area contributed by atoms with Gasteiger partial charge in [0.2, 0.25) is 5.91 Å². The number of nitrogens with one attached hydrogen (secondary N) is 2. The Morgan fingerprint density at radius 2 is 2.00 bits per heavy atom. The van der Waals surface area contributed by atoms with Crippen molar-refractivity contribution in [2.45, 2.75) is 26.8 Å². The van der Waals surface area contributed by atoms with Crippen LogP contribution in [0, 0.1) is 0 Å². The fourth-order valence-corrected chi connectivity index (χ4v) is 0.762. The summed E-state index contributed by atoms with van der Waals surface area (Å²) >= 11 is 0. The molecule has 0 atom stereocenters. The number of carbonyl (C=O) groups excluding carboxylic acids is 1. The third kappa shape index (κ3) is 7.28. The highest BCUT2D eigenvalue weighted by Gasteiger charge is 2.00. The molecule has 0 saturated carbocycles. The number of rotatable bonds is 5. The van der Waals surface area contributed by atoms with Crippen molar-refractivity contribution in [3.63, 3.8) is 0 Å². The molecule has 0 unspecified atom stereocenters. The minimum Gasteiger partial charge on any atom is -0.353 e. The van der Waals surface area contributed by atoms with E-state index in [0.29, 0.717) is 13.1 Å². The monoisotopic (exact) mass is 170 g/mol. The molecule has 0 saturated heterocycles. The minimum atomic E-state index is 0.0336. The predicted octanol–water partition coefficient (Wildman–Crippen LogP) is 0.677. The molecule has 0 aromatic heterocycles. The molecule has 0 rings (SSSR count). The smallest absolute Gasteiger partial charge is 0.234 e. The molecule has 3 heteroatoms. The summed E-state index contributed by atoms with van der Waals surface area (Å²) in [6.07, 6.45) is 0. The highest BCUT2D eigenvalue weighted by Crippen LogP contribution is 1.81. The van der Waals surface area contributed by atoms with Crippen LogP contribution in [-0.2, 0) is 4.79 Å². The molecule has 0 heterocycles. The molecule has 12 heavy (non-hydrogen) atoms. The van der Waals surface area contributed by atoms with Crippen molar-refractivity contribution in [2.24, 2.45) is 0 Å². The molecular weight excluding hydrogens is 152 g/mol. The molecule has 0 aliphatic rings. The van der Waals surface area contributed by atoms with Crippen LogP contribution in [0.2, 0.25) is 0 Å². The molecule has 0 aliphatic heterocycles. The second kappa shape index (κ2) is 5.77. The van der Waals surface area contributed by atoms with E-state index in [1.807, 2.05) is 20.8 Å². The van der Waals surface area contributed by atoms with Crippen molar-refractivity contribution < 1.29 is 4.79 Å². The number of amides is 1. The summed E-state index contributed by atoms with van der Waals surface area (Å²) in [7, 11) is 0. The average Bonchev–Trinajstić information content (AvgIpc) is 1.84. The third-order valence-corrected chi connectivity index (χ3v) is 1.16. The van der Waals surface area contributed by atoms with Crippen molar-refractivity contribution in [1.29, 1.82) is 0 Å². The maximum Gasteiger partial charge on any atom is 0.234 e. The molecule has 0 bridgehead atoms. The number of carbonyl (C=O) groups is 1. The summed E-state index contributed by atoms with van der Waals surface area (Å²) in [5.41, 5.74) is 1.03. The van der Waals surface area contributed by atoms with E-state index in [0.717, 1.165) is 5.57 Å². The third-order valence-electron chi connectivity index (χ3n) is 1.16. The first-order chi connectivity index (χ1) is 5.52. The van der Waals surface area contributed by atoms with E-state index in [1.165, 1.54) is 0 Å². The zero-order chi connectivity index (χ0) is 9.56. The van der Waals surface area contributed by atoms with E-state index < -0.39 is 0 Å². The first-order valence-electron chi connectivity index (χ1n) is 4.17. The fourth-order valence-electron chi connectivity index (χ4n) is 0.762. The Labute approximate surface area is 74.2 Å². The minimum absolute atomic E-state index is 0.0336. The van der Waals surface area contributed by atoms with Crippen LogP contribution in [-0.4, -0.2) is 25.0 Å². The van der Waals surface area contributed by atoms with E-state index in [-0.39, 0.29) is 11.9 Å². The van der Waals surface area contributed by atoms with Crippen LogP contribution in [0.3, 0.4) is 0 Å². The van der Waals surface area contributed by atoms with Gasteiger partial charge in [-0.25, -0.2) is 0 Å². The van der Waals surface area contributed by atoms with Gasteiger partial charge in [-0.3, -0.25) is 4.79 Å². The van der Waals surface area contributed by atoms with Crippen LogP contribution in [0.1, 0.15) is 20.8 Å². The van der Waals surface area contributed by atoms with Crippen LogP contribution >= 0.6 is 0 Å². The Kier molecular flexibility index (Phi) is 5.37. The summed E-state index contributed by atoms with van der Waals surface area (Å²) in [6.45, 7) is 10.6. The summed E-state index contributed by atoms with van der Waals surface area (Å²) < 4.78 is 0. The van der Waals surface area contributed by atoms with Crippen LogP contribution in [0.25, 0.3) is 0 Å². The van der Waals surface area contributed by atoms with E-state index in [9.17, 15) is 4.79 Å². The van der Waals surface area contributed by atoms with Crippen molar-refractivity contribution >= 4 is 5.91 Å². The number of hydrogen-bond acceptors (Lipinski definition) is 2. The van der Waals surface area contributed by atoms with Gasteiger partial charge in [-0.05, 0) is 20.8 Å². The molecule has 0 spiro atoms. The van der Waals surface area contributed by atoms with Crippen molar-refractivity contribution in [2.75, 3.05) is 13.1 Å². The Morgan fingerprint density at radius 1 is 1.42 bits per heavy atom. The van der Waals surface area contributed by atoms with E-state index in [4.69, 9.17) is 0 Å². The fraction of sp³-hybridized carbons (Fsp3) is 0.667. The second-order valence-corrected chi connectivity index (χ2v) is 3.28. The molecule has 0 aromatic rings. The van der Waals surface area contributed by atoms with Gasteiger partial charge in [-0.1, -0.05) is 12.2 Å². The second-order valence-electron chi connectivity index (χ2n) is 3.28. The molecule has 3 nitrogen and oxygen atoms in total. The lowest BCUT2D eigenvalue weighted by Crippen LogP contribution is -2.38.